The monoisotopic (exact) mass is 273 g/mol. The Morgan fingerprint density at radius 3 is 2.63 bits per heavy atom. The summed E-state index contributed by atoms with van der Waals surface area (Å²) in [6, 6.07) is 14.1. The van der Waals surface area contributed by atoms with Crippen LogP contribution in [0.3, 0.4) is 0 Å². The number of para-hydroxylation sites is 1. The maximum atomic E-state index is 5.89. The van der Waals surface area contributed by atoms with Gasteiger partial charge in [0.25, 0.3) is 0 Å². The zero-order valence-electron chi connectivity index (χ0n) is 11.3. The third kappa shape index (κ3) is 3.67. The summed E-state index contributed by atoms with van der Waals surface area (Å²) in [6.45, 7) is 4.81. The summed E-state index contributed by atoms with van der Waals surface area (Å²) in [5.41, 5.74) is 9.07. The summed E-state index contributed by atoms with van der Waals surface area (Å²) in [6.07, 6.45) is 0. The molecule has 0 aromatic heterocycles. The first-order valence-electron chi connectivity index (χ1n) is 6.35. The van der Waals surface area contributed by atoms with Crippen LogP contribution in [0.1, 0.15) is 11.1 Å². The molecule has 0 atom stereocenters. The Morgan fingerprint density at radius 2 is 1.84 bits per heavy atom. The Hall–Kier alpha value is -1.61. The van der Waals surface area contributed by atoms with Crippen molar-refractivity contribution in [2.75, 3.05) is 18.1 Å². The van der Waals surface area contributed by atoms with Gasteiger partial charge in [-0.1, -0.05) is 24.3 Å². The quantitative estimate of drug-likeness (QED) is 0.507. The highest BCUT2D eigenvalue weighted by molar-refractivity contribution is 7.99. The highest BCUT2D eigenvalue weighted by atomic mass is 32.2. The van der Waals surface area contributed by atoms with Gasteiger partial charge in [0.2, 0.25) is 0 Å². The number of aryl methyl sites for hydroxylation is 1. The van der Waals surface area contributed by atoms with E-state index in [2.05, 4.69) is 26.0 Å². The number of benzene rings is 2. The molecule has 3 heteroatoms. The van der Waals surface area contributed by atoms with E-state index >= 15 is 0 Å². The van der Waals surface area contributed by atoms with Crippen LogP contribution in [-0.2, 0) is 0 Å². The fourth-order valence-corrected chi connectivity index (χ4v) is 2.71. The lowest BCUT2D eigenvalue weighted by Gasteiger charge is -2.10. The molecule has 0 aliphatic carbocycles. The van der Waals surface area contributed by atoms with Gasteiger partial charge in [0.1, 0.15) is 5.75 Å². The van der Waals surface area contributed by atoms with Gasteiger partial charge in [0, 0.05) is 16.3 Å². The molecule has 0 heterocycles. The smallest absolute Gasteiger partial charge is 0.122 e. The second-order valence-electron chi connectivity index (χ2n) is 4.43. The van der Waals surface area contributed by atoms with Crippen molar-refractivity contribution in [3.05, 3.63) is 53.6 Å². The van der Waals surface area contributed by atoms with E-state index in [1.165, 1.54) is 10.5 Å². The Morgan fingerprint density at radius 1 is 1.05 bits per heavy atom. The standard InChI is InChI=1S/C16H19NOS/c1-12-6-3-4-8-15(12)18-10-11-19-16-9-5-7-14(17)13(16)2/h3-9H,10-11,17H2,1-2H3. The number of nitrogens with two attached hydrogens (primary N) is 1. The van der Waals surface area contributed by atoms with E-state index in [1.807, 2.05) is 30.3 Å². The minimum atomic E-state index is 0.698. The van der Waals surface area contributed by atoms with Gasteiger partial charge in [-0.3, -0.25) is 0 Å². The average molecular weight is 273 g/mol. The molecule has 0 amide bonds. The lowest BCUT2D eigenvalue weighted by atomic mass is 10.2. The van der Waals surface area contributed by atoms with Gasteiger partial charge in [0.05, 0.1) is 6.61 Å². The molecule has 0 radical (unpaired) electrons. The summed E-state index contributed by atoms with van der Waals surface area (Å²) in [7, 11) is 0. The Bertz CT molecular complexity index is 554. The number of thioether (sulfide) groups is 1. The lowest BCUT2D eigenvalue weighted by Crippen LogP contribution is -2.01. The normalized spacial score (nSPS) is 10.4. The van der Waals surface area contributed by atoms with Gasteiger partial charge in [0.15, 0.2) is 0 Å². The molecule has 2 rings (SSSR count). The highest BCUT2D eigenvalue weighted by Gasteiger charge is 2.02. The number of anilines is 1. The van der Waals surface area contributed by atoms with Crippen LogP contribution in [0.15, 0.2) is 47.4 Å². The molecule has 2 aromatic carbocycles. The summed E-state index contributed by atoms with van der Waals surface area (Å²) >= 11 is 1.78. The van der Waals surface area contributed by atoms with E-state index < -0.39 is 0 Å². The molecule has 0 aliphatic rings. The second kappa shape index (κ2) is 6.53. The van der Waals surface area contributed by atoms with Gasteiger partial charge in [-0.25, -0.2) is 0 Å². The van der Waals surface area contributed by atoms with Crippen LogP contribution in [-0.4, -0.2) is 12.4 Å². The summed E-state index contributed by atoms with van der Waals surface area (Å²) in [5, 5.41) is 0. The molecular weight excluding hydrogens is 254 g/mol. The average Bonchev–Trinajstić information content (AvgIpc) is 2.41. The molecule has 0 saturated heterocycles. The van der Waals surface area contributed by atoms with Crippen molar-refractivity contribution in [1.82, 2.24) is 0 Å². The molecule has 0 unspecified atom stereocenters. The fourth-order valence-electron chi connectivity index (χ4n) is 1.81. The largest absolute Gasteiger partial charge is 0.492 e. The zero-order chi connectivity index (χ0) is 13.7. The van der Waals surface area contributed by atoms with Gasteiger partial charge < -0.3 is 10.5 Å². The summed E-state index contributed by atoms with van der Waals surface area (Å²) < 4.78 is 5.78. The second-order valence-corrected chi connectivity index (χ2v) is 5.57. The van der Waals surface area contributed by atoms with Crippen molar-refractivity contribution in [2.45, 2.75) is 18.7 Å². The molecule has 2 N–H and O–H groups in total. The predicted molar refractivity (Wildman–Crippen MR) is 83.0 cm³/mol. The SMILES string of the molecule is Cc1ccccc1OCCSc1cccc(N)c1C. The van der Waals surface area contributed by atoms with Crippen LogP contribution in [0.4, 0.5) is 5.69 Å². The van der Waals surface area contributed by atoms with Crippen molar-refractivity contribution in [3.63, 3.8) is 0 Å². The maximum Gasteiger partial charge on any atom is 0.122 e. The van der Waals surface area contributed by atoms with Crippen molar-refractivity contribution < 1.29 is 4.74 Å². The topological polar surface area (TPSA) is 35.2 Å². The number of hydrogen-bond acceptors (Lipinski definition) is 3. The van der Waals surface area contributed by atoms with Crippen LogP contribution >= 0.6 is 11.8 Å². The Kier molecular flexibility index (Phi) is 4.74. The first-order chi connectivity index (χ1) is 9.18. The molecule has 0 aliphatic heterocycles. The molecule has 0 fully saturated rings. The van der Waals surface area contributed by atoms with E-state index in [0.717, 1.165) is 22.8 Å². The van der Waals surface area contributed by atoms with E-state index in [4.69, 9.17) is 10.5 Å². The first-order valence-corrected chi connectivity index (χ1v) is 7.33. The number of ether oxygens (including phenoxy) is 1. The molecule has 0 saturated carbocycles. The number of nitrogen functional groups attached to an aromatic ring is 1. The molecule has 0 spiro atoms. The van der Waals surface area contributed by atoms with E-state index in [1.54, 1.807) is 11.8 Å². The minimum absolute atomic E-state index is 0.698. The lowest BCUT2D eigenvalue weighted by molar-refractivity contribution is 0.341. The van der Waals surface area contributed by atoms with Gasteiger partial charge in [-0.2, -0.15) is 0 Å². The molecule has 100 valence electrons. The van der Waals surface area contributed by atoms with Gasteiger partial charge >= 0.3 is 0 Å². The summed E-state index contributed by atoms with van der Waals surface area (Å²) in [4.78, 5) is 1.23. The molecule has 19 heavy (non-hydrogen) atoms. The van der Waals surface area contributed by atoms with Crippen LogP contribution in [0.5, 0.6) is 5.75 Å². The van der Waals surface area contributed by atoms with Crippen molar-refractivity contribution in [3.8, 4) is 5.75 Å². The fraction of sp³-hybridized carbons (Fsp3) is 0.250. The van der Waals surface area contributed by atoms with Crippen molar-refractivity contribution in [1.29, 1.82) is 0 Å². The third-order valence-electron chi connectivity index (χ3n) is 3.02. The maximum absolute atomic E-state index is 5.89. The van der Waals surface area contributed by atoms with Crippen LogP contribution < -0.4 is 10.5 Å². The first kappa shape index (κ1) is 13.8. The predicted octanol–water partition coefficient (Wildman–Crippen LogP) is 4.06. The van der Waals surface area contributed by atoms with Gasteiger partial charge in [-0.05, 0) is 43.2 Å². The van der Waals surface area contributed by atoms with E-state index in [9.17, 15) is 0 Å². The molecule has 2 nitrogen and oxygen atoms in total. The van der Waals surface area contributed by atoms with E-state index in [0.29, 0.717) is 6.61 Å². The molecular formula is C16H19NOS. The van der Waals surface area contributed by atoms with Gasteiger partial charge in [-0.15, -0.1) is 11.8 Å². The Balaban J connectivity index is 1.84. The van der Waals surface area contributed by atoms with Crippen molar-refractivity contribution >= 4 is 17.4 Å². The number of rotatable bonds is 5. The van der Waals surface area contributed by atoms with Crippen LogP contribution in [0.2, 0.25) is 0 Å². The Labute approximate surface area is 119 Å². The van der Waals surface area contributed by atoms with Crippen LogP contribution in [0, 0.1) is 13.8 Å². The summed E-state index contributed by atoms with van der Waals surface area (Å²) in [5.74, 6) is 1.88. The molecule has 2 aromatic rings. The molecule has 0 bridgehead atoms. The minimum Gasteiger partial charge on any atom is -0.492 e. The van der Waals surface area contributed by atoms with Crippen LogP contribution in [0.25, 0.3) is 0 Å². The third-order valence-corrected chi connectivity index (χ3v) is 4.14. The van der Waals surface area contributed by atoms with E-state index in [-0.39, 0.29) is 0 Å². The van der Waals surface area contributed by atoms with Crippen molar-refractivity contribution in [2.24, 2.45) is 0 Å². The number of hydrogen-bond donors (Lipinski definition) is 1. The highest BCUT2D eigenvalue weighted by Crippen LogP contribution is 2.26. The zero-order valence-corrected chi connectivity index (χ0v) is 12.2.